The van der Waals surface area contributed by atoms with Crippen molar-refractivity contribution in [3.8, 4) is 11.8 Å². The summed E-state index contributed by atoms with van der Waals surface area (Å²) in [5.41, 5.74) is 1.61. The molecule has 22 heavy (non-hydrogen) atoms. The van der Waals surface area contributed by atoms with Crippen molar-refractivity contribution in [1.82, 2.24) is 4.90 Å². The van der Waals surface area contributed by atoms with Crippen LogP contribution in [0.2, 0.25) is 0 Å². The van der Waals surface area contributed by atoms with Gasteiger partial charge in [0.05, 0.1) is 11.6 Å². The zero-order chi connectivity index (χ0) is 16.1. The van der Waals surface area contributed by atoms with Gasteiger partial charge < -0.3 is 9.64 Å². The molecule has 0 aromatic heterocycles. The van der Waals surface area contributed by atoms with Crippen molar-refractivity contribution in [2.75, 3.05) is 14.1 Å². The monoisotopic (exact) mass is 310 g/mol. The Kier molecular flexibility index (Phi) is 4.87. The van der Waals surface area contributed by atoms with Gasteiger partial charge in [-0.1, -0.05) is 0 Å². The minimum Gasteiger partial charge on any atom is -0.432 e. The Morgan fingerprint density at radius 1 is 1.05 bits per heavy atom. The number of thiocarbonyl (C=S) groups is 1. The van der Waals surface area contributed by atoms with E-state index in [1.807, 2.05) is 6.07 Å². The van der Waals surface area contributed by atoms with E-state index in [1.165, 1.54) is 0 Å². The van der Waals surface area contributed by atoms with Gasteiger partial charge in [0.25, 0.3) is 5.17 Å². The van der Waals surface area contributed by atoms with Gasteiger partial charge in [-0.15, -0.1) is 0 Å². The van der Waals surface area contributed by atoms with Gasteiger partial charge in [0.2, 0.25) is 0 Å². The summed E-state index contributed by atoms with van der Waals surface area (Å²) in [5, 5.41) is 9.12. The van der Waals surface area contributed by atoms with Crippen LogP contribution in [0.15, 0.2) is 48.5 Å². The molecule has 0 atom stereocenters. The van der Waals surface area contributed by atoms with Crippen LogP contribution in [-0.2, 0) is 0 Å². The number of carbonyl (C=O) groups is 1. The highest BCUT2D eigenvalue weighted by Gasteiger charge is 2.10. The topological polar surface area (TPSA) is 53.3 Å². The van der Waals surface area contributed by atoms with Gasteiger partial charge in [-0.25, -0.2) is 0 Å². The summed E-state index contributed by atoms with van der Waals surface area (Å²) in [5.74, 6) is 0.473. The quantitative estimate of drug-likeness (QED) is 0.644. The van der Waals surface area contributed by atoms with Crippen LogP contribution in [0.1, 0.15) is 21.5 Å². The van der Waals surface area contributed by atoms with Crippen LogP contribution in [0.4, 0.5) is 0 Å². The van der Waals surface area contributed by atoms with Gasteiger partial charge in [-0.2, -0.15) is 5.26 Å². The fourth-order valence-electron chi connectivity index (χ4n) is 1.73. The highest BCUT2D eigenvalue weighted by molar-refractivity contribution is 7.80. The summed E-state index contributed by atoms with van der Waals surface area (Å²) < 4.78 is 5.46. The minimum atomic E-state index is -0.105. The van der Waals surface area contributed by atoms with Crippen LogP contribution in [0.25, 0.3) is 0 Å². The van der Waals surface area contributed by atoms with E-state index in [9.17, 15) is 4.79 Å². The third-order valence-corrected chi connectivity index (χ3v) is 3.41. The molecule has 5 heteroatoms. The maximum absolute atomic E-state index is 12.3. The molecule has 0 saturated carbocycles. The lowest BCUT2D eigenvalue weighted by molar-refractivity contribution is 0.103. The van der Waals surface area contributed by atoms with Crippen molar-refractivity contribution in [3.05, 3.63) is 65.2 Å². The second-order valence-electron chi connectivity index (χ2n) is 4.81. The molecule has 0 saturated heterocycles. The largest absolute Gasteiger partial charge is 0.432 e. The maximum atomic E-state index is 12.3. The second-order valence-corrected chi connectivity index (χ2v) is 5.15. The fourth-order valence-corrected chi connectivity index (χ4v) is 1.83. The number of hydrogen-bond acceptors (Lipinski definition) is 4. The SMILES string of the molecule is CN(C)C(=S)Oc1ccc(C(=O)c2ccc(C#N)cc2)cc1. The predicted molar refractivity (Wildman–Crippen MR) is 87.9 cm³/mol. The minimum absolute atomic E-state index is 0.105. The highest BCUT2D eigenvalue weighted by atomic mass is 32.1. The summed E-state index contributed by atoms with van der Waals surface area (Å²) in [6.45, 7) is 0. The summed E-state index contributed by atoms with van der Waals surface area (Å²) in [7, 11) is 3.59. The summed E-state index contributed by atoms with van der Waals surface area (Å²) in [4.78, 5) is 14.0. The van der Waals surface area contributed by atoms with Crippen molar-refractivity contribution >= 4 is 23.2 Å². The molecule has 2 aromatic rings. The Morgan fingerprint density at radius 2 is 1.55 bits per heavy atom. The number of hydrogen-bond donors (Lipinski definition) is 0. The first-order valence-corrected chi connectivity index (χ1v) is 6.96. The number of ketones is 1. The molecule has 0 radical (unpaired) electrons. The van der Waals surface area contributed by atoms with Gasteiger partial charge in [0, 0.05) is 25.2 Å². The standard InChI is InChI=1S/C17H14N2O2S/c1-19(2)17(22)21-15-9-7-14(8-10-15)16(20)13-5-3-12(11-18)4-6-13/h3-10H,1-2H3. The summed E-state index contributed by atoms with van der Waals surface area (Å²) in [6, 6.07) is 15.3. The molecular formula is C17H14N2O2S. The Morgan fingerprint density at radius 3 is 2.00 bits per heavy atom. The van der Waals surface area contributed by atoms with Gasteiger partial charge in [-0.05, 0) is 60.7 Å². The Bertz CT molecular complexity index is 729. The molecular weight excluding hydrogens is 296 g/mol. The lowest BCUT2D eigenvalue weighted by Gasteiger charge is -2.14. The van der Waals surface area contributed by atoms with Gasteiger partial charge >= 0.3 is 0 Å². The van der Waals surface area contributed by atoms with Crippen molar-refractivity contribution in [1.29, 1.82) is 5.26 Å². The zero-order valence-corrected chi connectivity index (χ0v) is 13.1. The molecule has 4 nitrogen and oxygen atoms in total. The smallest absolute Gasteiger partial charge is 0.264 e. The van der Waals surface area contributed by atoms with Gasteiger partial charge in [0.1, 0.15) is 5.75 Å². The van der Waals surface area contributed by atoms with Crippen LogP contribution >= 0.6 is 12.2 Å². The molecule has 0 aliphatic heterocycles. The van der Waals surface area contributed by atoms with E-state index >= 15 is 0 Å². The predicted octanol–water partition coefficient (Wildman–Crippen LogP) is 3.01. The molecule has 0 fully saturated rings. The Hall–Kier alpha value is -2.71. The molecule has 0 spiro atoms. The first-order chi connectivity index (χ1) is 10.5. The van der Waals surface area contributed by atoms with Crippen molar-refractivity contribution in [3.63, 3.8) is 0 Å². The normalized spacial score (nSPS) is 9.68. The van der Waals surface area contributed by atoms with E-state index < -0.39 is 0 Å². The van der Waals surface area contributed by atoms with Crippen LogP contribution in [0.3, 0.4) is 0 Å². The Balaban J connectivity index is 2.14. The lowest BCUT2D eigenvalue weighted by atomic mass is 10.0. The van der Waals surface area contributed by atoms with Crippen molar-refractivity contribution in [2.24, 2.45) is 0 Å². The van der Waals surface area contributed by atoms with E-state index in [-0.39, 0.29) is 5.78 Å². The number of ether oxygens (including phenoxy) is 1. The zero-order valence-electron chi connectivity index (χ0n) is 12.2. The van der Waals surface area contributed by atoms with E-state index in [0.717, 1.165) is 0 Å². The first kappa shape index (κ1) is 15.7. The molecule has 0 heterocycles. The molecule has 2 aromatic carbocycles. The van der Waals surface area contributed by atoms with E-state index in [0.29, 0.717) is 27.6 Å². The van der Waals surface area contributed by atoms with Crippen LogP contribution in [-0.4, -0.2) is 30.0 Å². The van der Waals surface area contributed by atoms with E-state index in [4.69, 9.17) is 22.2 Å². The first-order valence-electron chi connectivity index (χ1n) is 6.55. The Labute approximate surface area is 134 Å². The third-order valence-electron chi connectivity index (χ3n) is 2.96. The van der Waals surface area contributed by atoms with Gasteiger partial charge in [-0.3, -0.25) is 4.79 Å². The number of rotatable bonds is 3. The highest BCUT2D eigenvalue weighted by Crippen LogP contribution is 2.16. The van der Waals surface area contributed by atoms with E-state index in [1.54, 1.807) is 67.5 Å². The summed E-state index contributed by atoms with van der Waals surface area (Å²) >= 11 is 5.06. The maximum Gasteiger partial charge on any atom is 0.264 e. The molecule has 0 amide bonds. The molecule has 0 aliphatic rings. The van der Waals surface area contributed by atoms with Crippen molar-refractivity contribution < 1.29 is 9.53 Å². The van der Waals surface area contributed by atoms with Crippen LogP contribution in [0.5, 0.6) is 5.75 Å². The average Bonchev–Trinajstić information content (AvgIpc) is 2.55. The molecule has 110 valence electrons. The molecule has 0 N–H and O–H groups in total. The molecule has 0 aliphatic carbocycles. The summed E-state index contributed by atoms with van der Waals surface area (Å²) in [6.07, 6.45) is 0. The molecule has 0 unspecified atom stereocenters. The number of nitrogens with zero attached hydrogens (tertiary/aromatic N) is 2. The average molecular weight is 310 g/mol. The molecule has 0 bridgehead atoms. The third kappa shape index (κ3) is 3.68. The fraction of sp³-hybridized carbons (Fsp3) is 0.118. The van der Waals surface area contributed by atoms with Crippen molar-refractivity contribution in [2.45, 2.75) is 0 Å². The second kappa shape index (κ2) is 6.83. The van der Waals surface area contributed by atoms with Gasteiger partial charge in [0.15, 0.2) is 5.78 Å². The van der Waals surface area contributed by atoms with Crippen LogP contribution < -0.4 is 4.74 Å². The molecule has 2 rings (SSSR count). The lowest BCUT2D eigenvalue weighted by Crippen LogP contribution is -2.24. The number of carbonyl (C=O) groups excluding carboxylic acids is 1. The number of nitriles is 1. The number of benzene rings is 2. The van der Waals surface area contributed by atoms with E-state index in [2.05, 4.69) is 0 Å². The van der Waals surface area contributed by atoms with Crippen LogP contribution in [0, 0.1) is 11.3 Å².